The minimum Gasteiger partial charge on any atom is -0.342 e. The van der Waals surface area contributed by atoms with Crippen LogP contribution in [0.2, 0.25) is 0 Å². The second kappa shape index (κ2) is 6.88. The van der Waals surface area contributed by atoms with Gasteiger partial charge in [-0.15, -0.1) is 0 Å². The Morgan fingerprint density at radius 1 is 1.19 bits per heavy atom. The van der Waals surface area contributed by atoms with E-state index in [-0.39, 0.29) is 23.8 Å². The van der Waals surface area contributed by atoms with Crippen LogP contribution in [0.3, 0.4) is 0 Å². The highest BCUT2D eigenvalue weighted by molar-refractivity contribution is 5.94. The van der Waals surface area contributed by atoms with Crippen LogP contribution >= 0.6 is 0 Å². The second-order valence-electron chi connectivity index (χ2n) is 7.36. The lowest BCUT2D eigenvalue weighted by Crippen LogP contribution is -2.37. The van der Waals surface area contributed by atoms with Crippen LogP contribution in [0.1, 0.15) is 48.8 Å². The van der Waals surface area contributed by atoms with Crippen LogP contribution in [-0.4, -0.2) is 29.0 Å². The third-order valence-electron chi connectivity index (χ3n) is 5.46. The first-order valence-electron chi connectivity index (χ1n) is 9.24. The predicted molar refractivity (Wildman–Crippen MR) is 102 cm³/mol. The summed E-state index contributed by atoms with van der Waals surface area (Å²) in [4.78, 5) is 34.7. The fraction of sp³-hybridized carbons (Fsp3) is 0.400. The van der Waals surface area contributed by atoms with E-state index in [1.54, 1.807) is 24.3 Å². The number of nitrogens with one attached hydrogen (secondary N) is 2. The molecule has 3 heterocycles. The van der Waals surface area contributed by atoms with E-state index in [9.17, 15) is 9.59 Å². The molecule has 2 aliphatic heterocycles. The van der Waals surface area contributed by atoms with Gasteiger partial charge in [-0.1, -0.05) is 19.1 Å². The number of amides is 1. The summed E-state index contributed by atoms with van der Waals surface area (Å²) in [5.41, 5.74) is 1.63. The maximum Gasteiger partial charge on any atom is 0.258 e. The van der Waals surface area contributed by atoms with Crippen LogP contribution in [0.4, 0.5) is 11.8 Å². The molecule has 2 aromatic rings. The lowest BCUT2D eigenvalue weighted by molar-refractivity contribution is -0.116. The van der Waals surface area contributed by atoms with Crippen LogP contribution < -0.4 is 15.8 Å². The third-order valence-corrected chi connectivity index (χ3v) is 5.46. The number of piperidine rings is 1. The zero-order chi connectivity index (χ0) is 19.0. The monoisotopic (exact) mass is 363 g/mol. The number of carbonyl (C=O) groups is 1. The van der Waals surface area contributed by atoms with Crippen LogP contribution in [0, 0.1) is 17.2 Å². The maximum atomic E-state index is 12.9. The molecule has 7 heteroatoms. The van der Waals surface area contributed by atoms with Gasteiger partial charge in [0.1, 0.15) is 5.82 Å². The van der Waals surface area contributed by atoms with E-state index in [4.69, 9.17) is 5.26 Å². The highest BCUT2D eigenvalue weighted by Crippen LogP contribution is 2.34. The summed E-state index contributed by atoms with van der Waals surface area (Å²) in [5, 5.41) is 11.7. The molecule has 1 atom stereocenters. The van der Waals surface area contributed by atoms with Crippen LogP contribution in [0.15, 0.2) is 29.1 Å². The van der Waals surface area contributed by atoms with Gasteiger partial charge < -0.3 is 10.2 Å². The summed E-state index contributed by atoms with van der Waals surface area (Å²) < 4.78 is 0. The van der Waals surface area contributed by atoms with E-state index in [0.29, 0.717) is 28.8 Å². The van der Waals surface area contributed by atoms with Crippen LogP contribution in [0.25, 0.3) is 0 Å². The molecule has 2 N–H and O–H groups in total. The highest BCUT2D eigenvalue weighted by Gasteiger charge is 2.31. The average molecular weight is 363 g/mol. The van der Waals surface area contributed by atoms with Gasteiger partial charge in [-0.3, -0.25) is 14.6 Å². The highest BCUT2D eigenvalue weighted by atomic mass is 16.2. The predicted octanol–water partition coefficient (Wildman–Crippen LogP) is 2.35. The summed E-state index contributed by atoms with van der Waals surface area (Å²) in [7, 11) is 0. The summed E-state index contributed by atoms with van der Waals surface area (Å²) in [5.74, 6) is 1.01. The second-order valence-corrected chi connectivity index (χ2v) is 7.36. The van der Waals surface area contributed by atoms with Crippen molar-refractivity contribution in [1.29, 1.82) is 5.26 Å². The Balaban J connectivity index is 1.72. The molecular formula is C20H21N5O2. The number of nitrogens with zero attached hydrogens (tertiary/aromatic N) is 3. The summed E-state index contributed by atoms with van der Waals surface area (Å²) >= 11 is 0. The van der Waals surface area contributed by atoms with Crippen molar-refractivity contribution < 1.29 is 4.79 Å². The van der Waals surface area contributed by atoms with Crippen molar-refractivity contribution in [2.24, 2.45) is 5.92 Å². The minimum atomic E-state index is -0.367. The number of aromatic amines is 1. The molecule has 0 aliphatic carbocycles. The number of anilines is 2. The molecule has 1 saturated heterocycles. The molecule has 0 radical (unpaired) electrons. The van der Waals surface area contributed by atoms with Crippen molar-refractivity contribution in [1.82, 2.24) is 9.97 Å². The van der Waals surface area contributed by atoms with Gasteiger partial charge in [-0.2, -0.15) is 10.2 Å². The molecule has 1 amide bonds. The Labute approximate surface area is 157 Å². The first kappa shape index (κ1) is 17.3. The molecular weight excluding hydrogens is 342 g/mol. The van der Waals surface area contributed by atoms with Gasteiger partial charge in [0, 0.05) is 25.4 Å². The van der Waals surface area contributed by atoms with Crippen molar-refractivity contribution in [2.45, 2.75) is 32.1 Å². The van der Waals surface area contributed by atoms with E-state index in [0.717, 1.165) is 31.5 Å². The minimum absolute atomic E-state index is 0.159. The SMILES string of the molecule is CC1CCN(c2nc3c(c(=O)[nH]2)C(c2ccc(C#N)cc2)CC(=O)N3)CC1. The molecule has 27 heavy (non-hydrogen) atoms. The van der Waals surface area contributed by atoms with Gasteiger partial charge in [-0.05, 0) is 36.5 Å². The first-order valence-corrected chi connectivity index (χ1v) is 9.24. The summed E-state index contributed by atoms with van der Waals surface area (Å²) in [6, 6.07) is 9.07. The first-order chi connectivity index (χ1) is 13.0. The topological polar surface area (TPSA) is 102 Å². The standard InChI is InChI=1S/C20H21N5O2/c1-12-6-8-25(9-7-12)20-23-18-17(19(27)24-20)15(10-16(26)22-18)14-4-2-13(11-21)3-5-14/h2-5,12,15H,6-10H2,1H3,(H2,22,23,24,26,27). The maximum absolute atomic E-state index is 12.9. The van der Waals surface area contributed by atoms with E-state index >= 15 is 0 Å². The van der Waals surface area contributed by atoms with E-state index < -0.39 is 0 Å². The van der Waals surface area contributed by atoms with E-state index in [2.05, 4.69) is 33.2 Å². The van der Waals surface area contributed by atoms with Gasteiger partial charge >= 0.3 is 0 Å². The van der Waals surface area contributed by atoms with Crippen molar-refractivity contribution in [3.05, 3.63) is 51.3 Å². The summed E-state index contributed by atoms with van der Waals surface area (Å²) in [6.07, 6.45) is 2.30. The Morgan fingerprint density at radius 3 is 2.56 bits per heavy atom. The molecule has 1 fully saturated rings. The fourth-order valence-electron chi connectivity index (χ4n) is 3.80. The van der Waals surface area contributed by atoms with Gasteiger partial charge in [0.2, 0.25) is 11.9 Å². The Morgan fingerprint density at radius 2 is 1.89 bits per heavy atom. The van der Waals surface area contributed by atoms with Gasteiger partial charge in [-0.25, -0.2) is 0 Å². The largest absolute Gasteiger partial charge is 0.342 e. The smallest absolute Gasteiger partial charge is 0.258 e. The number of hydrogen-bond acceptors (Lipinski definition) is 5. The Bertz CT molecular complexity index is 965. The molecule has 1 aromatic heterocycles. The number of carbonyl (C=O) groups excluding carboxylic acids is 1. The molecule has 4 rings (SSSR count). The normalized spacial score (nSPS) is 19.9. The lowest BCUT2D eigenvalue weighted by atomic mass is 9.86. The van der Waals surface area contributed by atoms with Crippen molar-refractivity contribution in [3.8, 4) is 6.07 Å². The lowest BCUT2D eigenvalue weighted by Gasteiger charge is -2.32. The fourth-order valence-corrected chi connectivity index (χ4v) is 3.80. The van der Waals surface area contributed by atoms with Gasteiger partial charge in [0.25, 0.3) is 5.56 Å². The average Bonchev–Trinajstić information content (AvgIpc) is 2.67. The van der Waals surface area contributed by atoms with E-state index in [1.165, 1.54) is 0 Å². The zero-order valence-electron chi connectivity index (χ0n) is 15.2. The number of rotatable bonds is 2. The Hall–Kier alpha value is -3.14. The molecule has 7 nitrogen and oxygen atoms in total. The third kappa shape index (κ3) is 3.31. The van der Waals surface area contributed by atoms with Crippen molar-refractivity contribution in [2.75, 3.05) is 23.3 Å². The molecule has 0 bridgehead atoms. The number of fused-ring (bicyclic) bond motifs is 1. The molecule has 138 valence electrons. The molecule has 2 aliphatic rings. The Kier molecular flexibility index (Phi) is 4.40. The molecule has 0 saturated carbocycles. The molecule has 0 spiro atoms. The summed E-state index contributed by atoms with van der Waals surface area (Å²) in [6.45, 7) is 3.91. The number of hydrogen-bond donors (Lipinski definition) is 2. The van der Waals surface area contributed by atoms with Crippen molar-refractivity contribution in [3.63, 3.8) is 0 Å². The van der Waals surface area contributed by atoms with Crippen LogP contribution in [-0.2, 0) is 4.79 Å². The zero-order valence-corrected chi connectivity index (χ0v) is 15.2. The molecule has 1 aromatic carbocycles. The molecule has 1 unspecified atom stereocenters. The number of H-pyrrole nitrogens is 1. The van der Waals surface area contributed by atoms with Crippen LogP contribution in [0.5, 0.6) is 0 Å². The van der Waals surface area contributed by atoms with Gasteiger partial charge in [0.15, 0.2) is 0 Å². The van der Waals surface area contributed by atoms with E-state index in [1.807, 2.05) is 0 Å². The van der Waals surface area contributed by atoms with Gasteiger partial charge in [0.05, 0.1) is 17.2 Å². The number of aromatic nitrogens is 2. The number of benzene rings is 1. The quantitative estimate of drug-likeness (QED) is 0.853. The number of nitriles is 1. The van der Waals surface area contributed by atoms with Crippen molar-refractivity contribution >= 4 is 17.7 Å².